The van der Waals surface area contributed by atoms with Crippen molar-refractivity contribution in [3.63, 3.8) is 0 Å². The first-order valence-corrected chi connectivity index (χ1v) is 14.8. The number of rotatable bonds is 9. The van der Waals surface area contributed by atoms with Gasteiger partial charge in [0.2, 0.25) is 0 Å². The first-order chi connectivity index (χ1) is 11.5. The fraction of sp³-hybridized carbons (Fsp3) is 0.905. The van der Waals surface area contributed by atoms with E-state index in [1.54, 1.807) is 0 Å². The van der Waals surface area contributed by atoms with Crippen LogP contribution < -0.4 is 0 Å². The Morgan fingerprint density at radius 1 is 1.00 bits per heavy atom. The molecule has 0 saturated carbocycles. The van der Waals surface area contributed by atoms with Crippen molar-refractivity contribution in [3.05, 3.63) is 0 Å². The fourth-order valence-corrected chi connectivity index (χ4v) is 5.52. The van der Waals surface area contributed by atoms with Gasteiger partial charge in [0.25, 0.3) is 0 Å². The molecule has 0 radical (unpaired) electrons. The molecule has 25 heavy (non-hydrogen) atoms. The molecule has 1 aliphatic heterocycles. The Labute approximate surface area is 161 Å². The Hall–Kier alpha value is -0.113. The highest BCUT2D eigenvalue weighted by molar-refractivity contribution is 7.84. The number of unbranched alkanes of at least 4 members (excludes halogenated alkanes) is 4. The van der Waals surface area contributed by atoms with E-state index in [1.807, 2.05) is 0 Å². The summed E-state index contributed by atoms with van der Waals surface area (Å²) in [5.41, 5.74) is 3.63. The van der Waals surface area contributed by atoms with Crippen LogP contribution in [0.1, 0.15) is 86.0 Å². The highest BCUT2D eigenvalue weighted by atomic mass is 32.2. The molecular formula is C21H41NOSSi. The quantitative estimate of drug-likeness (QED) is 0.210. The van der Waals surface area contributed by atoms with Gasteiger partial charge in [-0.1, -0.05) is 77.9 Å². The van der Waals surface area contributed by atoms with E-state index >= 15 is 0 Å². The largest absolute Gasteiger partial charge is 0.242 e. The molecule has 0 aromatic carbocycles. The monoisotopic (exact) mass is 383 g/mol. The molecule has 0 aromatic heterocycles. The lowest BCUT2D eigenvalue weighted by Crippen LogP contribution is -2.31. The second-order valence-corrected chi connectivity index (χ2v) is 16.5. The molecule has 2 nitrogen and oxygen atoms in total. The van der Waals surface area contributed by atoms with Gasteiger partial charge in [0.05, 0.1) is 10.3 Å². The number of hydrogen-bond donors (Lipinski definition) is 0. The highest BCUT2D eigenvalue weighted by Gasteiger charge is 2.65. The molecule has 0 N–H and O–H groups in total. The van der Waals surface area contributed by atoms with Crippen LogP contribution in [0.2, 0.25) is 19.6 Å². The topological polar surface area (TPSA) is 20.1 Å². The van der Waals surface area contributed by atoms with Crippen LogP contribution in [0.25, 0.3) is 0 Å². The molecule has 1 rings (SSSR count). The van der Waals surface area contributed by atoms with Crippen LogP contribution in [0.5, 0.6) is 0 Å². The normalized spacial score (nSPS) is 23.7. The van der Waals surface area contributed by atoms with Crippen molar-refractivity contribution in [3.8, 4) is 11.5 Å². The van der Waals surface area contributed by atoms with Crippen molar-refractivity contribution in [2.75, 3.05) is 0 Å². The molecule has 4 heteroatoms. The van der Waals surface area contributed by atoms with Crippen molar-refractivity contribution in [1.29, 1.82) is 0 Å². The summed E-state index contributed by atoms with van der Waals surface area (Å²) in [6.07, 6.45) is 9.75. The van der Waals surface area contributed by atoms with Crippen molar-refractivity contribution in [2.45, 2.75) is 122 Å². The van der Waals surface area contributed by atoms with Gasteiger partial charge < -0.3 is 0 Å². The van der Waals surface area contributed by atoms with Crippen LogP contribution in [-0.4, -0.2) is 32.9 Å². The summed E-state index contributed by atoms with van der Waals surface area (Å²) in [7, 11) is -2.39. The van der Waals surface area contributed by atoms with Gasteiger partial charge in [0, 0.05) is 0 Å². The molecule has 1 aliphatic rings. The number of hydrogen-bond acceptors (Lipinski definition) is 1. The van der Waals surface area contributed by atoms with E-state index in [9.17, 15) is 4.21 Å². The summed E-state index contributed by atoms with van der Waals surface area (Å²) in [5, 5.41) is 0. The number of nitrogens with zero attached hydrogens (tertiary/aromatic N) is 1. The maximum Gasteiger partial charge on any atom is 0.129 e. The van der Waals surface area contributed by atoms with Crippen molar-refractivity contribution in [1.82, 2.24) is 4.31 Å². The van der Waals surface area contributed by atoms with E-state index < -0.39 is 19.1 Å². The van der Waals surface area contributed by atoms with Crippen molar-refractivity contribution < 1.29 is 4.21 Å². The fourth-order valence-electron chi connectivity index (χ4n) is 3.36. The van der Waals surface area contributed by atoms with Gasteiger partial charge in [0.15, 0.2) is 0 Å². The molecule has 1 fully saturated rings. The Balaban J connectivity index is 3.10. The summed E-state index contributed by atoms with van der Waals surface area (Å²) in [6, 6.07) is 0.202. The first-order valence-electron chi connectivity index (χ1n) is 10.2. The molecule has 0 spiro atoms. The molecule has 0 aromatic rings. The average molecular weight is 384 g/mol. The molecule has 0 bridgehead atoms. The molecule has 2 unspecified atom stereocenters. The minimum atomic E-state index is -1.42. The maximum atomic E-state index is 13.2. The maximum absolute atomic E-state index is 13.2. The smallest absolute Gasteiger partial charge is 0.129 e. The summed E-state index contributed by atoms with van der Waals surface area (Å²) in [4.78, 5) is 0. The summed E-state index contributed by atoms with van der Waals surface area (Å²) in [5.74, 6) is 3.59. The van der Waals surface area contributed by atoms with Crippen molar-refractivity contribution in [2.24, 2.45) is 0 Å². The minimum absolute atomic E-state index is 0.0646. The van der Waals surface area contributed by atoms with Gasteiger partial charge in [-0.25, -0.2) is 4.21 Å². The van der Waals surface area contributed by atoms with Crippen LogP contribution >= 0.6 is 0 Å². The van der Waals surface area contributed by atoms with E-state index in [0.717, 1.165) is 12.8 Å². The Kier molecular flexibility index (Phi) is 8.43. The summed E-state index contributed by atoms with van der Waals surface area (Å²) >= 11 is 0. The Morgan fingerprint density at radius 2 is 1.48 bits per heavy atom. The van der Waals surface area contributed by atoms with Gasteiger partial charge >= 0.3 is 0 Å². The molecule has 1 saturated heterocycles. The predicted molar refractivity (Wildman–Crippen MR) is 116 cm³/mol. The Morgan fingerprint density at radius 3 is 1.84 bits per heavy atom. The lowest BCUT2D eigenvalue weighted by molar-refractivity contribution is 0.418. The van der Waals surface area contributed by atoms with Crippen LogP contribution in [-0.2, 0) is 11.0 Å². The molecule has 3 atom stereocenters. The minimum Gasteiger partial charge on any atom is -0.242 e. The third kappa shape index (κ3) is 6.52. The average Bonchev–Trinajstić information content (AvgIpc) is 3.10. The summed E-state index contributed by atoms with van der Waals surface area (Å²) < 4.78 is 15.3. The Bertz CT molecular complexity index is 497. The summed E-state index contributed by atoms with van der Waals surface area (Å²) in [6.45, 7) is 17.7. The molecule has 0 amide bonds. The third-order valence-electron chi connectivity index (χ3n) is 4.83. The lowest BCUT2D eigenvalue weighted by Gasteiger charge is -2.23. The standard InChI is InChI=1S/C21H41NOSSi/c1-9-11-13-16-21(17-14-12-10-2)19(15-18-25(6,7)8)22(21)24(23)20(3,4)5/h19H,9-14,16-17H2,1-8H3/t19-,22?,24?/m1/s1. The van der Waals surface area contributed by atoms with E-state index in [0.29, 0.717) is 0 Å². The second-order valence-electron chi connectivity index (χ2n) is 9.63. The first kappa shape index (κ1) is 22.9. The van der Waals surface area contributed by atoms with Crippen LogP contribution in [0.15, 0.2) is 0 Å². The van der Waals surface area contributed by atoms with Gasteiger partial charge in [-0.05, 0) is 33.6 Å². The van der Waals surface area contributed by atoms with Crippen LogP contribution in [0.4, 0.5) is 0 Å². The molecule has 0 aliphatic carbocycles. The van der Waals surface area contributed by atoms with E-state index in [4.69, 9.17) is 0 Å². The van der Waals surface area contributed by atoms with Gasteiger partial charge in [-0.3, -0.25) is 0 Å². The third-order valence-corrected chi connectivity index (χ3v) is 7.70. The molecular weight excluding hydrogens is 342 g/mol. The molecule has 146 valence electrons. The zero-order valence-corrected chi connectivity index (χ0v) is 19.8. The second kappa shape index (κ2) is 9.20. The van der Waals surface area contributed by atoms with Crippen LogP contribution in [0, 0.1) is 11.5 Å². The highest BCUT2D eigenvalue weighted by Crippen LogP contribution is 2.51. The predicted octanol–water partition coefficient (Wildman–Crippen LogP) is 5.91. The van der Waals surface area contributed by atoms with E-state index in [1.165, 1.54) is 38.5 Å². The van der Waals surface area contributed by atoms with Gasteiger partial charge in [-0.2, -0.15) is 4.31 Å². The zero-order chi connectivity index (χ0) is 19.3. The van der Waals surface area contributed by atoms with Crippen molar-refractivity contribution >= 4 is 19.1 Å². The zero-order valence-electron chi connectivity index (χ0n) is 18.0. The van der Waals surface area contributed by atoms with Crippen LogP contribution in [0.3, 0.4) is 0 Å². The molecule has 1 heterocycles. The van der Waals surface area contributed by atoms with Gasteiger partial charge in [0.1, 0.15) is 25.1 Å². The van der Waals surface area contributed by atoms with Gasteiger partial charge in [-0.15, -0.1) is 5.54 Å². The van der Waals surface area contributed by atoms with E-state index in [-0.39, 0.29) is 16.3 Å². The SMILES string of the molecule is CCCCCC1(CCCCC)[C@@H](C#C[Si](C)(C)C)N1S(=O)C(C)(C)C. The van der Waals surface area contributed by atoms with E-state index in [2.05, 4.69) is 70.0 Å². The lowest BCUT2D eigenvalue weighted by atomic mass is 9.91.